The second-order valence-corrected chi connectivity index (χ2v) is 9.91. The summed E-state index contributed by atoms with van der Waals surface area (Å²) in [6, 6.07) is 5.10. The highest BCUT2D eigenvalue weighted by atomic mass is 32.2. The van der Waals surface area contributed by atoms with Crippen molar-refractivity contribution in [2.75, 3.05) is 21.3 Å². The molecule has 1 aromatic carbocycles. The molecule has 0 radical (unpaired) electrons. The van der Waals surface area contributed by atoms with Crippen LogP contribution in [0.4, 0.5) is 11.4 Å². The summed E-state index contributed by atoms with van der Waals surface area (Å²) in [7, 11) is -6.59. The van der Waals surface area contributed by atoms with Gasteiger partial charge < -0.3 is 0 Å². The lowest BCUT2D eigenvalue weighted by Crippen LogP contribution is -2.36. The SMILES string of the molecule is CCS(=O)(=O)N1CCCc2cc(NS(=O)(=O)C3CC3)ccc21. The van der Waals surface area contributed by atoms with Crippen LogP contribution in [0.1, 0.15) is 31.7 Å². The van der Waals surface area contributed by atoms with E-state index < -0.39 is 20.0 Å². The summed E-state index contributed by atoms with van der Waals surface area (Å²) < 4.78 is 52.3. The zero-order chi connectivity index (χ0) is 16.0. The van der Waals surface area contributed by atoms with Crippen molar-refractivity contribution in [1.82, 2.24) is 0 Å². The summed E-state index contributed by atoms with van der Waals surface area (Å²) >= 11 is 0. The molecule has 0 unspecified atom stereocenters. The molecule has 1 N–H and O–H groups in total. The number of nitrogens with one attached hydrogen (secondary N) is 1. The number of aryl methyl sites for hydroxylation is 1. The largest absolute Gasteiger partial charge is 0.283 e. The first-order valence-electron chi connectivity index (χ1n) is 7.48. The molecule has 1 heterocycles. The summed E-state index contributed by atoms with van der Waals surface area (Å²) in [6.45, 7) is 2.11. The van der Waals surface area contributed by atoms with Gasteiger partial charge in [0.15, 0.2) is 0 Å². The number of hydrogen-bond acceptors (Lipinski definition) is 4. The zero-order valence-corrected chi connectivity index (χ0v) is 14.1. The topological polar surface area (TPSA) is 83.6 Å². The van der Waals surface area contributed by atoms with E-state index in [1.165, 1.54) is 4.31 Å². The monoisotopic (exact) mass is 344 g/mol. The predicted molar refractivity (Wildman–Crippen MR) is 87.1 cm³/mol. The third-order valence-corrected chi connectivity index (χ3v) is 7.73. The second-order valence-electron chi connectivity index (χ2n) is 5.77. The Morgan fingerprint density at radius 3 is 2.59 bits per heavy atom. The Kier molecular flexibility index (Phi) is 3.84. The Morgan fingerprint density at radius 2 is 1.95 bits per heavy atom. The average Bonchev–Trinajstić information content (AvgIpc) is 3.31. The average molecular weight is 344 g/mol. The lowest BCUT2D eigenvalue weighted by Gasteiger charge is -2.30. The van der Waals surface area contributed by atoms with Gasteiger partial charge in [-0.25, -0.2) is 16.8 Å². The normalized spacial score (nSPS) is 18.9. The van der Waals surface area contributed by atoms with Crippen molar-refractivity contribution in [3.8, 4) is 0 Å². The molecule has 0 amide bonds. The number of nitrogens with zero attached hydrogens (tertiary/aromatic N) is 1. The van der Waals surface area contributed by atoms with Gasteiger partial charge in [-0.1, -0.05) is 0 Å². The quantitative estimate of drug-likeness (QED) is 0.881. The summed E-state index contributed by atoms with van der Waals surface area (Å²) in [4.78, 5) is 0. The van der Waals surface area contributed by atoms with E-state index >= 15 is 0 Å². The second kappa shape index (κ2) is 5.42. The number of benzene rings is 1. The fourth-order valence-corrected chi connectivity index (χ4v) is 5.27. The van der Waals surface area contributed by atoms with Crippen LogP contribution in [0, 0.1) is 0 Å². The van der Waals surface area contributed by atoms with Crippen LogP contribution in [0.25, 0.3) is 0 Å². The predicted octanol–water partition coefficient (Wildman–Crippen LogP) is 1.69. The van der Waals surface area contributed by atoms with Gasteiger partial charge in [0.2, 0.25) is 20.0 Å². The molecule has 1 aliphatic carbocycles. The highest BCUT2D eigenvalue weighted by Gasteiger charge is 2.36. The lowest BCUT2D eigenvalue weighted by atomic mass is 10.0. The van der Waals surface area contributed by atoms with E-state index in [0.717, 1.165) is 18.4 Å². The molecule has 1 saturated carbocycles. The number of hydrogen-bond donors (Lipinski definition) is 1. The molecule has 0 aromatic heterocycles. The first-order chi connectivity index (χ1) is 10.3. The minimum absolute atomic E-state index is 0.0580. The molecule has 8 heteroatoms. The van der Waals surface area contributed by atoms with E-state index in [0.29, 0.717) is 30.8 Å². The molecule has 6 nitrogen and oxygen atoms in total. The maximum absolute atomic E-state index is 12.1. The molecule has 0 spiro atoms. The molecule has 0 atom stereocenters. The maximum Gasteiger partial charge on any atom is 0.235 e. The highest BCUT2D eigenvalue weighted by molar-refractivity contribution is 7.93. The standard InChI is InChI=1S/C14H20N2O4S2/c1-2-21(17,18)16-9-3-4-11-10-12(5-8-14(11)16)15-22(19,20)13-6-7-13/h5,8,10,13,15H,2-4,6-7,9H2,1H3. The van der Waals surface area contributed by atoms with Gasteiger partial charge in [-0.2, -0.15) is 0 Å². The molecular weight excluding hydrogens is 324 g/mol. The van der Waals surface area contributed by atoms with Crippen LogP contribution in [0.2, 0.25) is 0 Å². The molecule has 3 rings (SSSR count). The van der Waals surface area contributed by atoms with Gasteiger partial charge in [0.1, 0.15) is 0 Å². The van der Waals surface area contributed by atoms with Gasteiger partial charge in [0, 0.05) is 12.2 Å². The van der Waals surface area contributed by atoms with Crippen LogP contribution in [0.5, 0.6) is 0 Å². The van der Waals surface area contributed by atoms with Crippen molar-refractivity contribution in [3.63, 3.8) is 0 Å². The van der Waals surface area contributed by atoms with E-state index in [1.54, 1.807) is 25.1 Å². The Hall–Kier alpha value is -1.28. The van der Waals surface area contributed by atoms with Crippen molar-refractivity contribution in [2.24, 2.45) is 0 Å². The fraction of sp³-hybridized carbons (Fsp3) is 0.571. The molecule has 1 aromatic rings. The number of anilines is 2. The Balaban J connectivity index is 1.91. The fourth-order valence-electron chi connectivity index (χ4n) is 2.70. The van der Waals surface area contributed by atoms with Gasteiger partial charge in [-0.05, 0) is 56.4 Å². The molecule has 1 aliphatic heterocycles. The number of rotatable bonds is 5. The van der Waals surface area contributed by atoms with Crippen molar-refractivity contribution < 1.29 is 16.8 Å². The molecule has 122 valence electrons. The van der Waals surface area contributed by atoms with Crippen molar-refractivity contribution in [2.45, 2.75) is 37.9 Å². The molecule has 0 bridgehead atoms. The van der Waals surface area contributed by atoms with Gasteiger partial charge in [0.25, 0.3) is 0 Å². The van der Waals surface area contributed by atoms with Crippen LogP contribution >= 0.6 is 0 Å². The molecule has 1 fully saturated rings. The zero-order valence-electron chi connectivity index (χ0n) is 12.4. The minimum atomic E-state index is -3.30. The maximum atomic E-state index is 12.1. The van der Waals surface area contributed by atoms with E-state index in [4.69, 9.17) is 0 Å². The summed E-state index contributed by atoms with van der Waals surface area (Å²) in [5.41, 5.74) is 2.06. The first-order valence-corrected chi connectivity index (χ1v) is 10.6. The Morgan fingerprint density at radius 1 is 1.23 bits per heavy atom. The smallest absolute Gasteiger partial charge is 0.235 e. The number of sulfonamides is 2. The third kappa shape index (κ3) is 2.94. The summed E-state index contributed by atoms with van der Waals surface area (Å²) in [5, 5.41) is -0.277. The van der Waals surface area contributed by atoms with E-state index in [-0.39, 0.29) is 11.0 Å². The third-order valence-electron chi connectivity index (χ3n) is 4.08. The molecule has 2 aliphatic rings. The summed E-state index contributed by atoms with van der Waals surface area (Å²) in [5.74, 6) is 0.0580. The Bertz CT molecular complexity index is 783. The van der Waals surface area contributed by atoms with Crippen molar-refractivity contribution in [3.05, 3.63) is 23.8 Å². The first kappa shape index (κ1) is 15.6. The van der Waals surface area contributed by atoms with Crippen LogP contribution < -0.4 is 9.03 Å². The van der Waals surface area contributed by atoms with Gasteiger partial charge in [0.05, 0.1) is 16.7 Å². The molecule has 22 heavy (non-hydrogen) atoms. The minimum Gasteiger partial charge on any atom is -0.283 e. The number of fused-ring (bicyclic) bond motifs is 1. The van der Waals surface area contributed by atoms with E-state index in [1.807, 2.05) is 0 Å². The van der Waals surface area contributed by atoms with E-state index in [9.17, 15) is 16.8 Å². The van der Waals surface area contributed by atoms with Crippen molar-refractivity contribution in [1.29, 1.82) is 0 Å². The summed E-state index contributed by atoms with van der Waals surface area (Å²) in [6.07, 6.45) is 2.92. The van der Waals surface area contributed by atoms with Crippen LogP contribution in [0.15, 0.2) is 18.2 Å². The highest BCUT2D eigenvalue weighted by Crippen LogP contribution is 2.34. The molecule has 0 saturated heterocycles. The Labute approximate surface area is 131 Å². The lowest BCUT2D eigenvalue weighted by molar-refractivity contribution is 0.587. The molecular formula is C14H20N2O4S2. The van der Waals surface area contributed by atoms with Crippen molar-refractivity contribution >= 4 is 31.4 Å². The van der Waals surface area contributed by atoms with Crippen LogP contribution in [-0.4, -0.2) is 34.4 Å². The van der Waals surface area contributed by atoms with Gasteiger partial charge in [-0.3, -0.25) is 9.03 Å². The van der Waals surface area contributed by atoms with Crippen LogP contribution in [0.3, 0.4) is 0 Å². The van der Waals surface area contributed by atoms with Gasteiger partial charge >= 0.3 is 0 Å². The van der Waals surface area contributed by atoms with Gasteiger partial charge in [-0.15, -0.1) is 0 Å². The van der Waals surface area contributed by atoms with E-state index in [2.05, 4.69) is 4.72 Å². The van der Waals surface area contributed by atoms with Crippen LogP contribution in [-0.2, 0) is 26.5 Å².